The van der Waals surface area contributed by atoms with Gasteiger partial charge in [0.2, 0.25) is 0 Å². The first-order valence-corrected chi connectivity index (χ1v) is 11.0. The van der Waals surface area contributed by atoms with Gasteiger partial charge in [0.05, 0.1) is 17.8 Å². The Kier molecular flexibility index (Phi) is 5.83. The molecule has 0 amide bonds. The van der Waals surface area contributed by atoms with Gasteiger partial charge in [0.25, 0.3) is 0 Å². The van der Waals surface area contributed by atoms with Crippen molar-refractivity contribution in [2.75, 3.05) is 13.1 Å². The van der Waals surface area contributed by atoms with Gasteiger partial charge in [0, 0.05) is 48.5 Å². The zero-order chi connectivity index (χ0) is 23.3. The average Bonchev–Trinajstić information content (AvgIpc) is 3.22. The summed E-state index contributed by atoms with van der Waals surface area (Å²) in [6.07, 6.45) is -2.24. The fourth-order valence-corrected chi connectivity index (χ4v) is 4.71. The van der Waals surface area contributed by atoms with Gasteiger partial charge in [-0.2, -0.15) is 18.3 Å². The van der Waals surface area contributed by atoms with Gasteiger partial charge in [0.15, 0.2) is 0 Å². The Balaban J connectivity index is 1.50. The first kappa shape index (κ1) is 22.8. The summed E-state index contributed by atoms with van der Waals surface area (Å²) in [5.74, 6) is 0. The number of hydrogen-bond donors (Lipinski definition) is 1. The van der Waals surface area contributed by atoms with Crippen molar-refractivity contribution in [2.24, 2.45) is 0 Å². The molecule has 3 aromatic rings. The normalized spacial score (nSPS) is 17.5. The first-order chi connectivity index (χ1) is 15.0. The highest BCUT2D eigenvalue weighted by Gasteiger charge is 2.40. The van der Waals surface area contributed by atoms with Crippen LogP contribution in [-0.4, -0.2) is 48.0 Å². The lowest BCUT2D eigenvalue weighted by atomic mass is 9.90. The lowest BCUT2D eigenvalue weighted by Gasteiger charge is -2.39. The van der Waals surface area contributed by atoms with E-state index >= 15 is 0 Å². The Morgan fingerprint density at radius 2 is 1.88 bits per heavy atom. The number of fused-ring (bicyclic) bond motifs is 1. The molecule has 1 aliphatic rings. The Hall–Kier alpha value is -2.39. The van der Waals surface area contributed by atoms with Crippen LogP contribution in [0.2, 0.25) is 0 Å². The molecule has 0 saturated carbocycles. The molecule has 6 nitrogen and oxygen atoms in total. The maximum absolute atomic E-state index is 13.7. The fraction of sp³-hybridized carbons (Fsp3) is 0.565. The third-order valence-corrected chi connectivity index (χ3v) is 6.53. The standard InChI is InChI=1S/C23H30F3N5O/c1-15(2)31-17(4)19(16(3)28-31)13-29-10-7-22(32,8-11-29)14-30-20(23(24,25)26)12-18-6-5-9-27-21(18)30/h5-6,9,12,15,32H,7-8,10-11,13-14H2,1-4H3. The number of aliphatic hydroxyl groups is 1. The first-order valence-electron chi connectivity index (χ1n) is 11.0. The van der Waals surface area contributed by atoms with Crippen molar-refractivity contribution in [2.45, 2.75) is 71.4 Å². The Bertz CT molecular complexity index is 1110. The number of hydrogen-bond acceptors (Lipinski definition) is 4. The van der Waals surface area contributed by atoms with Crippen LogP contribution in [0.5, 0.6) is 0 Å². The monoisotopic (exact) mass is 449 g/mol. The molecule has 1 fully saturated rings. The number of nitrogens with zero attached hydrogens (tertiary/aromatic N) is 5. The predicted molar refractivity (Wildman–Crippen MR) is 116 cm³/mol. The van der Waals surface area contributed by atoms with E-state index in [1.54, 1.807) is 12.1 Å². The van der Waals surface area contributed by atoms with Crippen molar-refractivity contribution in [3.05, 3.63) is 47.0 Å². The second-order valence-corrected chi connectivity index (χ2v) is 9.22. The van der Waals surface area contributed by atoms with E-state index in [2.05, 4.69) is 35.8 Å². The third kappa shape index (κ3) is 4.28. The Labute approximate surface area is 185 Å². The van der Waals surface area contributed by atoms with Crippen molar-refractivity contribution < 1.29 is 18.3 Å². The molecule has 0 atom stereocenters. The van der Waals surface area contributed by atoms with Crippen molar-refractivity contribution in [1.29, 1.82) is 0 Å². The molecule has 1 N–H and O–H groups in total. The SMILES string of the molecule is Cc1nn(C(C)C)c(C)c1CN1CCC(O)(Cn2c(C(F)(F)F)cc3cccnc32)CC1. The number of piperidine rings is 1. The molecule has 1 aliphatic heterocycles. The number of alkyl halides is 3. The summed E-state index contributed by atoms with van der Waals surface area (Å²) in [5, 5.41) is 16.3. The van der Waals surface area contributed by atoms with Crippen LogP contribution in [0.25, 0.3) is 11.0 Å². The molecule has 0 aliphatic carbocycles. The van der Waals surface area contributed by atoms with Crippen LogP contribution >= 0.6 is 0 Å². The summed E-state index contributed by atoms with van der Waals surface area (Å²) in [7, 11) is 0. The Morgan fingerprint density at radius 3 is 2.47 bits per heavy atom. The molecule has 4 heterocycles. The minimum absolute atomic E-state index is 0.125. The highest BCUT2D eigenvalue weighted by molar-refractivity contribution is 5.77. The third-order valence-electron chi connectivity index (χ3n) is 6.53. The quantitative estimate of drug-likeness (QED) is 0.624. The van der Waals surface area contributed by atoms with Crippen molar-refractivity contribution in [1.82, 2.24) is 24.2 Å². The maximum Gasteiger partial charge on any atom is 0.431 e. The van der Waals surface area contributed by atoms with Gasteiger partial charge >= 0.3 is 6.18 Å². The zero-order valence-corrected chi connectivity index (χ0v) is 18.9. The summed E-state index contributed by atoms with van der Waals surface area (Å²) in [6.45, 7) is 10.1. The molecule has 0 bridgehead atoms. The number of likely N-dealkylation sites (tertiary alicyclic amines) is 1. The average molecular weight is 450 g/mol. The van der Waals surface area contributed by atoms with Crippen molar-refractivity contribution >= 4 is 11.0 Å². The van der Waals surface area contributed by atoms with E-state index in [0.29, 0.717) is 31.3 Å². The van der Waals surface area contributed by atoms with Gasteiger partial charge in [-0.1, -0.05) is 0 Å². The van der Waals surface area contributed by atoms with Crippen LogP contribution in [0, 0.1) is 13.8 Å². The largest absolute Gasteiger partial charge is 0.431 e. The number of halogens is 3. The van der Waals surface area contributed by atoms with Gasteiger partial charge < -0.3 is 9.67 Å². The van der Waals surface area contributed by atoms with E-state index < -0.39 is 17.5 Å². The van der Waals surface area contributed by atoms with Gasteiger partial charge in [-0.25, -0.2) is 4.98 Å². The number of aromatic nitrogens is 4. The van der Waals surface area contributed by atoms with Gasteiger partial charge in [-0.3, -0.25) is 9.58 Å². The lowest BCUT2D eigenvalue weighted by molar-refractivity contribution is -0.145. The highest BCUT2D eigenvalue weighted by Crippen LogP contribution is 2.36. The Morgan fingerprint density at radius 1 is 1.19 bits per heavy atom. The van der Waals surface area contributed by atoms with E-state index in [9.17, 15) is 18.3 Å². The van der Waals surface area contributed by atoms with Crippen LogP contribution in [0.1, 0.15) is 55.4 Å². The summed E-state index contributed by atoms with van der Waals surface area (Å²) >= 11 is 0. The van der Waals surface area contributed by atoms with E-state index in [1.165, 1.54) is 11.8 Å². The molecule has 32 heavy (non-hydrogen) atoms. The smallest absolute Gasteiger partial charge is 0.388 e. The summed E-state index contributed by atoms with van der Waals surface area (Å²) in [5.41, 5.74) is 1.59. The fourth-order valence-electron chi connectivity index (χ4n) is 4.71. The molecule has 0 radical (unpaired) electrons. The van der Waals surface area contributed by atoms with Crippen molar-refractivity contribution in [3.63, 3.8) is 0 Å². The molecule has 0 spiro atoms. The maximum atomic E-state index is 13.7. The molecule has 4 rings (SSSR count). The van der Waals surface area contributed by atoms with Crippen LogP contribution < -0.4 is 0 Å². The lowest BCUT2D eigenvalue weighted by Crippen LogP contribution is -2.47. The molecular formula is C23H30F3N5O. The van der Waals surface area contributed by atoms with Crippen LogP contribution in [-0.2, 0) is 19.3 Å². The number of aryl methyl sites for hydroxylation is 1. The highest BCUT2D eigenvalue weighted by atomic mass is 19.4. The van der Waals surface area contributed by atoms with Gasteiger partial charge in [0.1, 0.15) is 11.3 Å². The van der Waals surface area contributed by atoms with E-state index in [0.717, 1.165) is 28.6 Å². The molecule has 174 valence electrons. The molecule has 0 aromatic carbocycles. The molecular weight excluding hydrogens is 419 g/mol. The van der Waals surface area contributed by atoms with Crippen LogP contribution in [0.3, 0.4) is 0 Å². The molecule has 0 unspecified atom stereocenters. The van der Waals surface area contributed by atoms with Crippen LogP contribution in [0.4, 0.5) is 13.2 Å². The topological polar surface area (TPSA) is 59.1 Å². The number of rotatable bonds is 5. The van der Waals surface area contributed by atoms with Crippen LogP contribution in [0.15, 0.2) is 24.4 Å². The second kappa shape index (κ2) is 8.19. The van der Waals surface area contributed by atoms with Gasteiger partial charge in [-0.15, -0.1) is 0 Å². The van der Waals surface area contributed by atoms with E-state index in [1.807, 2.05) is 11.6 Å². The number of pyridine rings is 1. The summed E-state index contributed by atoms with van der Waals surface area (Å²) in [4.78, 5) is 6.39. The minimum Gasteiger partial charge on any atom is -0.388 e. The van der Waals surface area contributed by atoms with Crippen molar-refractivity contribution in [3.8, 4) is 0 Å². The molecule has 1 saturated heterocycles. The van der Waals surface area contributed by atoms with Gasteiger partial charge in [-0.05, 0) is 58.7 Å². The summed E-state index contributed by atoms with van der Waals surface area (Å²) in [6, 6.07) is 4.62. The molecule has 3 aromatic heterocycles. The second-order valence-electron chi connectivity index (χ2n) is 9.22. The minimum atomic E-state index is -4.51. The predicted octanol–water partition coefficient (Wildman–Crippen LogP) is 4.48. The van der Waals surface area contributed by atoms with E-state index in [-0.39, 0.29) is 18.2 Å². The van der Waals surface area contributed by atoms with E-state index in [4.69, 9.17) is 0 Å². The molecule has 9 heteroatoms. The summed E-state index contributed by atoms with van der Waals surface area (Å²) < 4.78 is 44.1. The zero-order valence-electron chi connectivity index (χ0n) is 18.9.